The first-order valence-electron chi connectivity index (χ1n) is 8.89. The van der Waals surface area contributed by atoms with Gasteiger partial charge in [0.15, 0.2) is 0 Å². The second-order valence-electron chi connectivity index (χ2n) is 6.49. The van der Waals surface area contributed by atoms with E-state index in [4.69, 9.17) is 4.52 Å². The Morgan fingerprint density at radius 2 is 2.00 bits per heavy atom. The van der Waals surface area contributed by atoms with Gasteiger partial charge in [-0.05, 0) is 54.5 Å². The molecule has 0 atom stereocenters. The van der Waals surface area contributed by atoms with Gasteiger partial charge >= 0.3 is 0 Å². The van der Waals surface area contributed by atoms with Crippen LogP contribution in [-0.2, 0) is 30.6 Å². The van der Waals surface area contributed by atoms with Crippen molar-refractivity contribution in [3.05, 3.63) is 65.2 Å². The summed E-state index contributed by atoms with van der Waals surface area (Å²) in [5.41, 5.74) is 4.50. The number of nitrogens with one attached hydrogen (secondary N) is 1. The van der Waals surface area contributed by atoms with Crippen LogP contribution in [-0.4, -0.2) is 21.0 Å². The van der Waals surface area contributed by atoms with Crippen molar-refractivity contribution in [3.63, 3.8) is 0 Å². The van der Waals surface area contributed by atoms with E-state index in [1.807, 2.05) is 18.2 Å². The van der Waals surface area contributed by atoms with Gasteiger partial charge in [0.2, 0.25) is 17.6 Å². The molecule has 2 aromatic heterocycles. The lowest BCUT2D eigenvalue weighted by atomic mass is 9.90. The third-order valence-corrected chi connectivity index (χ3v) is 4.58. The van der Waals surface area contributed by atoms with E-state index in [-0.39, 0.29) is 12.5 Å². The van der Waals surface area contributed by atoms with E-state index in [1.54, 1.807) is 6.20 Å². The number of aromatic nitrogens is 3. The van der Waals surface area contributed by atoms with E-state index >= 15 is 0 Å². The Kier molecular flexibility index (Phi) is 4.73. The van der Waals surface area contributed by atoms with Gasteiger partial charge in [0.05, 0.1) is 13.0 Å². The van der Waals surface area contributed by atoms with Crippen LogP contribution in [0, 0.1) is 0 Å². The van der Waals surface area contributed by atoms with Gasteiger partial charge in [-0.15, -0.1) is 0 Å². The average Bonchev–Trinajstić information content (AvgIpc) is 3.16. The maximum atomic E-state index is 12.2. The van der Waals surface area contributed by atoms with Crippen LogP contribution in [0.15, 0.2) is 47.1 Å². The summed E-state index contributed by atoms with van der Waals surface area (Å²) < 4.78 is 5.18. The molecular formula is C20H20N4O2. The van der Waals surface area contributed by atoms with Crippen molar-refractivity contribution in [2.45, 2.75) is 38.6 Å². The Balaban J connectivity index is 1.34. The zero-order chi connectivity index (χ0) is 17.8. The summed E-state index contributed by atoms with van der Waals surface area (Å²) >= 11 is 0. The average molecular weight is 348 g/mol. The number of amides is 1. The van der Waals surface area contributed by atoms with Crippen LogP contribution in [0.4, 0.5) is 0 Å². The Morgan fingerprint density at radius 1 is 1.12 bits per heavy atom. The fourth-order valence-corrected chi connectivity index (χ4v) is 3.24. The van der Waals surface area contributed by atoms with Gasteiger partial charge in [-0.25, -0.2) is 0 Å². The van der Waals surface area contributed by atoms with Crippen molar-refractivity contribution in [1.82, 2.24) is 20.4 Å². The minimum absolute atomic E-state index is 0.0571. The molecule has 0 fully saturated rings. The Labute approximate surface area is 151 Å². The lowest BCUT2D eigenvalue weighted by molar-refractivity contribution is -0.120. The van der Waals surface area contributed by atoms with Gasteiger partial charge in [-0.2, -0.15) is 4.98 Å². The molecule has 1 aliphatic rings. The minimum Gasteiger partial charge on any atom is -0.347 e. The second-order valence-corrected chi connectivity index (χ2v) is 6.49. The lowest BCUT2D eigenvalue weighted by Gasteiger charge is -2.16. The van der Waals surface area contributed by atoms with E-state index in [0.29, 0.717) is 23.8 Å². The molecule has 1 N–H and O–H groups in total. The van der Waals surface area contributed by atoms with Crippen molar-refractivity contribution in [1.29, 1.82) is 0 Å². The number of fused-ring (bicyclic) bond motifs is 1. The molecule has 6 nitrogen and oxygen atoms in total. The van der Waals surface area contributed by atoms with E-state index in [1.165, 1.54) is 24.0 Å². The van der Waals surface area contributed by atoms with E-state index in [2.05, 4.69) is 38.6 Å². The fraction of sp³-hybridized carbons (Fsp3) is 0.300. The standard InChI is InChI=1S/C20H20N4O2/c25-18(12-14-8-9-15-5-1-2-6-16(15)11-14)22-13-19-23-20(24-26-19)17-7-3-4-10-21-17/h3-4,7-11H,1-2,5-6,12-13H2,(H,22,25). The highest BCUT2D eigenvalue weighted by Gasteiger charge is 2.13. The van der Waals surface area contributed by atoms with E-state index < -0.39 is 0 Å². The van der Waals surface area contributed by atoms with Crippen LogP contribution in [0.3, 0.4) is 0 Å². The number of benzene rings is 1. The fourth-order valence-electron chi connectivity index (χ4n) is 3.24. The van der Waals surface area contributed by atoms with Crippen LogP contribution in [0.2, 0.25) is 0 Å². The van der Waals surface area contributed by atoms with Crippen molar-refractivity contribution in [2.24, 2.45) is 0 Å². The maximum absolute atomic E-state index is 12.2. The molecule has 0 unspecified atom stereocenters. The molecule has 4 rings (SSSR count). The van der Waals surface area contributed by atoms with Gasteiger partial charge in [0.1, 0.15) is 5.69 Å². The Hall–Kier alpha value is -3.02. The molecule has 1 aromatic carbocycles. The molecule has 2 heterocycles. The number of hydrogen-bond donors (Lipinski definition) is 1. The van der Waals surface area contributed by atoms with Crippen LogP contribution in [0.5, 0.6) is 0 Å². The van der Waals surface area contributed by atoms with Gasteiger partial charge in [0.25, 0.3) is 0 Å². The normalized spacial score (nSPS) is 13.2. The van der Waals surface area contributed by atoms with Gasteiger partial charge in [-0.3, -0.25) is 9.78 Å². The van der Waals surface area contributed by atoms with Crippen molar-refractivity contribution in [2.75, 3.05) is 0 Å². The maximum Gasteiger partial charge on any atom is 0.246 e. The summed E-state index contributed by atoms with van der Waals surface area (Å²) in [6.07, 6.45) is 6.79. The summed E-state index contributed by atoms with van der Waals surface area (Å²) in [5, 5.41) is 6.73. The van der Waals surface area contributed by atoms with Crippen LogP contribution >= 0.6 is 0 Å². The number of hydrogen-bond acceptors (Lipinski definition) is 5. The summed E-state index contributed by atoms with van der Waals surface area (Å²) in [5.74, 6) is 0.729. The predicted octanol–water partition coefficient (Wildman–Crippen LogP) is 2.87. The smallest absolute Gasteiger partial charge is 0.246 e. The highest BCUT2D eigenvalue weighted by Crippen LogP contribution is 2.22. The molecule has 0 bridgehead atoms. The first-order chi connectivity index (χ1) is 12.8. The van der Waals surface area contributed by atoms with E-state index in [9.17, 15) is 4.79 Å². The van der Waals surface area contributed by atoms with Crippen molar-refractivity contribution < 1.29 is 9.32 Å². The van der Waals surface area contributed by atoms with Gasteiger partial charge in [0, 0.05) is 6.20 Å². The highest BCUT2D eigenvalue weighted by molar-refractivity contribution is 5.78. The topological polar surface area (TPSA) is 80.9 Å². The monoisotopic (exact) mass is 348 g/mol. The zero-order valence-corrected chi connectivity index (χ0v) is 14.4. The highest BCUT2D eigenvalue weighted by atomic mass is 16.5. The quantitative estimate of drug-likeness (QED) is 0.767. The largest absolute Gasteiger partial charge is 0.347 e. The Morgan fingerprint density at radius 3 is 2.85 bits per heavy atom. The molecule has 26 heavy (non-hydrogen) atoms. The zero-order valence-electron chi connectivity index (χ0n) is 14.4. The molecule has 1 amide bonds. The number of rotatable bonds is 5. The number of nitrogens with zero attached hydrogens (tertiary/aromatic N) is 3. The predicted molar refractivity (Wildman–Crippen MR) is 96.2 cm³/mol. The van der Waals surface area contributed by atoms with E-state index in [0.717, 1.165) is 18.4 Å². The summed E-state index contributed by atoms with van der Waals surface area (Å²) in [7, 11) is 0. The summed E-state index contributed by atoms with van der Waals surface area (Å²) in [6.45, 7) is 0.212. The summed E-state index contributed by atoms with van der Waals surface area (Å²) in [4.78, 5) is 20.7. The molecule has 3 aromatic rings. The SMILES string of the molecule is O=C(Cc1ccc2c(c1)CCCC2)NCc1nc(-c2ccccn2)no1. The van der Waals surface area contributed by atoms with Gasteiger partial charge < -0.3 is 9.84 Å². The third-order valence-electron chi connectivity index (χ3n) is 4.58. The van der Waals surface area contributed by atoms with Crippen LogP contribution in [0.1, 0.15) is 35.4 Å². The van der Waals surface area contributed by atoms with Crippen molar-refractivity contribution >= 4 is 5.91 Å². The molecule has 1 aliphatic carbocycles. The third kappa shape index (κ3) is 3.79. The van der Waals surface area contributed by atoms with Crippen molar-refractivity contribution in [3.8, 4) is 11.5 Å². The molecular weight excluding hydrogens is 328 g/mol. The molecule has 0 radical (unpaired) electrons. The van der Waals surface area contributed by atoms with Gasteiger partial charge in [-0.1, -0.05) is 29.4 Å². The molecule has 0 aliphatic heterocycles. The minimum atomic E-state index is -0.0571. The molecule has 0 saturated heterocycles. The summed E-state index contributed by atoms with van der Waals surface area (Å²) in [6, 6.07) is 11.9. The second kappa shape index (κ2) is 7.47. The Bertz CT molecular complexity index is 905. The first kappa shape index (κ1) is 16.4. The number of carbonyl (C=O) groups is 1. The number of carbonyl (C=O) groups excluding carboxylic acids is 1. The lowest BCUT2D eigenvalue weighted by Crippen LogP contribution is -2.24. The number of pyridine rings is 1. The molecule has 0 saturated carbocycles. The van der Waals surface area contributed by atoms with Crippen LogP contribution in [0.25, 0.3) is 11.5 Å². The molecule has 132 valence electrons. The van der Waals surface area contributed by atoms with Crippen LogP contribution < -0.4 is 5.32 Å². The molecule has 0 spiro atoms. The molecule has 6 heteroatoms. The first-order valence-corrected chi connectivity index (χ1v) is 8.89. The number of aryl methyl sites for hydroxylation is 2.